The van der Waals surface area contributed by atoms with Gasteiger partial charge in [-0.3, -0.25) is 4.79 Å². The maximum Gasteiger partial charge on any atom is 0.248 e. The normalized spacial score (nSPS) is 12.0. The van der Waals surface area contributed by atoms with E-state index in [-0.39, 0.29) is 16.6 Å². The van der Waals surface area contributed by atoms with Gasteiger partial charge in [-0.2, -0.15) is 0 Å². The zero-order valence-electron chi connectivity index (χ0n) is 13.4. The highest BCUT2D eigenvalue weighted by molar-refractivity contribution is 7.91. The van der Waals surface area contributed by atoms with Crippen LogP contribution in [0.4, 0.5) is 5.69 Å². The molecule has 2 aromatic carbocycles. The Kier molecular flexibility index (Phi) is 5.80. The van der Waals surface area contributed by atoms with Crippen molar-refractivity contribution in [2.45, 2.75) is 18.7 Å². The molecule has 126 valence electrons. The van der Waals surface area contributed by atoms with Gasteiger partial charge in [0.05, 0.1) is 10.6 Å². The van der Waals surface area contributed by atoms with E-state index >= 15 is 0 Å². The summed E-state index contributed by atoms with van der Waals surface area (Å²) < 4.78 is 23.5. The number of hydrogen-bond acceptors (Lipinski definition) is 3. The van der Waals surface area contributed by atoms with Crippen LogP contribution >= 0.6 is 11.6 Å². The SMILES string of the molecule is CCS(=O)(=O)c1ccc(NC(=O)/C=C(/C)c2ccccc2Cl)cc1. The minimum atomic E-state index is -3.24. The zero-order chi connectivity index (χ0) is 17.7. The Morgan fingerprint density at radius 1 is 1.12 bits per heavy atom. The van der Waals surface area contributed by atoms with Crippen LogP contribution in [0.5, 0.6) is 0 Å². The van der Waals surface area contributed by atoms with Gasteiger partial charge in [0.2, 0.25) is 5.91 Å². The molecule has 0 saturated carbocycles. The van der Waals surface area contributed by atoms with Crippen molar-refractivity contribution in [3.63, 3.8) is 0 Å². The zero-order valence-corrected chi connectivity index (χ0v) is 15.0. The summed E-state index contributed by atoms with van der Waals surface area (Å²) in [7, 11) is -3.24. The predicted octanol–water partition coefficient (Wildman–Crippen LogP) is 4.18. The summed E-state index contributed by atoms with van der Waals surface area (Å²) in [5.41, 5.74) is 2.06. The van der Waals surface area contributed by atoms with E-state index < -0.39 is 9.84 Å². The summed E-state index contributed by atoms with van der Waals surface area (Å²) in [4.78, 5) is 12.3. The van der Waals surface area contributed by atoms with Crippen LogP contribution in [0, 0.1) is 0 Å². The second-order valence-electron chi connectivity index (χ2n) is 5.22. The number of amides is 1. The lowest BCUT2D eigenvalue weighted by molar-refractivity contribution is -0.111. The van der Waals surface area contributed by atoms with Crippen LogP contribution in [-0.4, -0.2) is 20.1 Å². The molecule has 0 spiro atoms. The molecule has 1 N–H and O–H groups in total. The molecule has 0 unspecified atom stereocenters. The molecule has 2 rings (SSSR count). The fourth-order valence-corrected chi connectivity index (χ4v) is 3.31. The fraction of sp³-hybridized carbons (Fsp3) is 0.167. The van der Waals surface area contributed by atoms with Crippen molar-refractivity contribution in [2.75, 3.05) is 11.1 Å². The van der Waals surface area contributed by atoms with Gasteiger partial charge in [0.25, 0.3) is 0 Å². The minimum Gasteiger partial charge on any atom is -0.323 e. The van der Waals surface area contributed by atoms with Gasteiger partial charge in [0.15, 0.2) is 9.84 Å². The minimum absolute atomic E-state index is 0.0402. The first-order valence-corrected chi connectivity index (χ1v) is 9.43. The topological polar surface area (TPSA) is 63.2 Å². The Hall–Kier alpha value is -2.11. The van der Waals surface area contributed by atoms with E-state index in [1.165, 1.54) is 18.2 Å². The maximum absolute atomic E-state index is 12.1. The largest absolute Gasteiger partial charge is 0.323 e. The highest BCUT2D eigenvalue weighted by Gasteiger charge is 2.11. The van der Waals surface area contributed by atoms with Gasteiger partial charge in [-0.25, -0.2) is 8.42 Å². The number of halogens is 1. The van der Waals surface area contributed by atoms with Crippen LogP contribution in [-0.2, 0) is 14.6 Å². The number of benzene rings is 2. The van der Waals surface area contributed by atoms with Crippen LogP contribution in [0.2, 0.25) is 5.02 Å². The third kappa shape index (κ3) is 4.46. The molecule has 1 amide bonds. The van der Waals surface area contributed by atoms with E-state index in [9.17, 15) is 13.2 Å². The summed E-state index contributed by atoms with van der Waals surface area (Å²) in [5.74, 6) is -0.267. The summed E-state index contributed by atoms with van der Waals surface area (Å²) in [6, 6.07) is 13.4. The first kappa shape index (κ1) is 18.2. The number of hydrogen-bond donors (Lipinski definition) is 1. The van der Waals surface area contributed by atoms with Gasteiger partial charge >= 0.3 is 0 Å². The first-order chi connectivity index (χ1) is 11.3. The van der Waals surface area contributed by atoms with Gasteiger partial charge in [-0.15, -0.1) is 0 Å². The van der Waals surface area contributed by atoms with Crippen molar-refractivity contribution < 1.29 is 13.2 Å². The molecule has 4 nitrogen and oxygen atoms in total. The predicted molar refractivity (Wildman–Crippen MR) is 97.9 cm³/mol. The molecule has 0 aliphatic carbocycles. The van der Waals surface area contributed by atoms with Gasteiger partial charge in [0.1, 0.15) is 0 Å². The molecular weight excluding hydrogens is 346 g/mol. The van der Waals surface area contributed by atoms with E-state index in [0.29, 0.717) is 10.7 Å². The van der Waals surface area contributed by atoms with Crippen molar-refractivity contribution in [3.8, 4) is 0 Å². The van der Waals surface area contributed by atoms with E-state index in [2.05, 4.69) is 5.32 Å². The second kappa shape index (κ2) is 7.64. The second-order valence-corrected chi connectivity index (χ2v) is 7.91. The highest BCUT2D eigenvalue weighted by Crippen LogP contribution is 2.23. The standard InChI is InChI=1S/C18H18ClNO3S/c1-3-24(22,23)15-10-8-14(9-11-15)20-18(21)12-13(2)16-6-4-5-7-17(16)19/h4-12H,3H2,1-2H3,(H,20,21)/b13-12-. The summed E-state index contributed by atoms with van der Waals surface area (Å²) in [6.45, 7) is 3.39. The molecule has 0 saturated heterocycles. The lowest BCUT2D eigenvalue weighted by Gasteiger charge is -2.07. The van der Waals surface area contributed by atoms with E-state index in [4.69, 9.17) is 11.6 Å². The monoisotopic (exact) mass is 363 g/mol. The van der Waals surface area contributed by atoms with Crippen molar-refractivity contribution >= 4 is 38.6 Å². The average molecular weight is 364 g/mol. The quantitative estimate of drug-likeness (QED) is 0.810. The number of anilines is 1. The number of carbonyl (C=O) groups excluding carboxylic acids is 1. The van der Waals surface area contributed by atoms with Crippen LogP contribution in [0.15, 0.2) is 59.5 Å². The summed E-state index contributed by atoms with van der Waals surface area (Å²) in [6.07, 6.45) is 1.46. The molecule has 6 heteroatoms. The molecule has 2 aromatic rings. The van der Waals surface area contributed by atoms with E-state index in [1.807, 2.05) is 18.2 Å². The van der Waals surface area contributed by atoms with E-state index in [1.54, 1.807) is 32.0 Å². The van der Waals surface area contributed by atoms with Crippen molar-refractivity contribution in [1.29, 1.82) is 0 Å². The number of nitrogens with one attached hydrogen (secondary N) is 1. The lowest BCUT2D eigenvalue weighted by Crippen LogP contribution is -2.09. The Bertz CT molecular complexity index is 871. The smallest absolute Gasteiger partial charge is 0.248 e. The maximum atomic E-state index is 12.1. The molecule has 24 heavy (non-hydrogen) atoms. The van der Waals surface area contributed by atoms with E-state index in [0.717, 1.165) is 11.1 Å². The van der Waals surface area contributed by atoms with Crippen molar-refractivity contribution in [3.05, 3.63) is 65.2 Å². The van der Waals surface area contributed by atoms with Gasteiger partial charge < -0.3 is 5.32 Å². The molecule has 0 aliphatic rings. The van der Waals surface area contributed by atoms with Gasteiger partial charge in [-0.05, 0) is 48.4 Å². The molecule has 0 radical (unpaired) electrons. The Balaban J connectivity index is 2.13. The summed E-state index contributed by atoms with van der Waals surface area (Å²) in [5, 5.41) is 3.28. The third-order valence-corrected chi connectivity index (χ3v) is 5.59. The van der Waals surface area contributed by atoms with Gasteiger partial charge in [0, 0.05) is 16.8 Å². The number of allylic oxidation sites excluding steroid dienone is 1. The molecule has 0 aliphatic heterocycles. The third-order valence-electron chi connectivity index (χ3n) is 3.51. The first-order valence-electron chi connectivity index (χ1n) is 7.40. The van der Waals surface area contributed by atoms with Gasteiger partial charge in [-0.1, -0.05) is 36.7 Å². The van der Waals surface area contributed by atoms with Crippen LogP contribution in [0.3, 0.4) is 0 Å². The van der Waals surface area contributed by atoms with Crippen LogP contribution in [0.1, 0.15) is 19.4 Å². The Morgan fingerprint density at radius 2 is 1.75 bits per heavy atom. The van der Waals surface area contributed by atoms with Crippen LogP contribution in [0.25, 0.3) is 5.57 Å². The number of carbonyl (C=O) groups is 1. The number of sulfone groups is 1. The Morgan fingerprint density at radius 3 is 2.33 bits per heavy atom. The fourth-order valence-electron chi connectivity index (χ4n) is 2.15. The van der Waals surface area contributed by atoms with Crippen LogP contribution < -0.4 is 5.32 Å². The molecular formula is C18H18ClNO3S. The van der Waals surface area contributed by atoms with Crippen molar-refractivity contribution in [2.24, 2.45) is 0 Å². The summed E-state index contributed by atoms with van der Waals surface area (Å²) >= 11 is 6.11. The molecule has 0 bridgehead atoms. The lowest BCUT2D eigenvalue weighted by atomic mass is 10.1. The Labute approximate surface area is 147 Å². The van der Waals surface area contributed by atoms with Crippen molar-refractivity contribution in [1.82, 2.24) is 0 Å². The average Bonchev–Trinajstić information content (AvgIpc) is 2.55. The highest BCUT2D eigenvalue weighted by atomic mass is 35.5. The molecule has 0 atom stereocenters. The molecule has 0 fully saturated rings. The molecule has 0 aromatic heterocycles. The molecule has 0 heterocycles. The number of rotatable bonds is 5.